The topological polar surface area (TPSA) is 113 Å². The van der Waals surface area contributed by atoms with Gasteiger partial charge in [0, 0.05) is 6.61 Å². The predicted octanol–water partition coefficient (Wildman–Crippen LogP) is 4.44. The van der Waals surface area contributed by atoms with Crippen LogP contribution >= 0.6 is 0 Å². The van der Waals surface area contributed by atoms with Crippen LogP contribution in [0.25, 0.3) is 0 Å². The van der Waals surface area contributed by atoms with E-state index in [9.17, 15) is 4.79 Å². The summed E-state index contributed by atoms with van der Waals surface area (Å²) in [5.74, 6) is -1.10. The van der Waals surface area contributed by atoms with Gasteiger partial charge in [-0.05, 0) is 12.8 Å². The summed E-state index contributed by atoms with van der Waals surface area (Å²) in [6.45, 7) is 0.333. The fourth-order valence-corrected chi connectivity index (χ4v) is 2.69. The van der Waals surface area contributed by atoms with Crippen molar-refractivity contribution < 1.29 is 20.1 Å². The van der Waals surface area contributed by atoms with Crippen molar-refractivity contribution in [3.05, 3.63) is 0 Å². The zero-order chi connectivity index (χ0) is 16.5. The molecule has 0 heterocycles. The molecule has 5 nitrogen and oxygen atoms in total. The van der Waals surface area contributed by atoms with Crippen molar-refractivity contribution in [2.24, 2.45) is 0 Å². The molecule has 0 aromatic rings. The first-order valence-electron chi connectivity index (χ1n) is 9.20. The number of aliphatic hydroxyl groups is 2. The van der Waals surface area contributed by atoms with Crippen LogP contribution in [0.3, 0.4) is 0 Å². The van der Waals surface area contributed by atoms with Crippen molar-refractivity contribution in [3.63, 3.8) is 0 Å². The second-order valence-electron chi connectivity index (χ2n) is 6.32. The van der Waals surface area contributed by atoms with Gasteiger partial charge in [-0.2, -0.15) is 0 Å². The molecule has 140 valence electrons. The molecule has 0 aromatic heterocycles. The summed E-state index contributed by atoms with van der Waals surface area (Å²) < 4.78 is 0. The molecule has 6 N–H and O–H groups in total. The average molecular weight is 334 g/mol. The third-order valence-electron chi connectivity index (χ3n) is 4.17. The second-order valence-corrected chi connectivity index (χ2v) is 6.32. The van der Waals surface area contributed by atoms with Crippen molar-refractivity contribution in [1.82, 2.24) is 6.15 Å². The molecule has 23 heavy (non-hydrogen) atoms. The standard InChI is InChI=1S/C18H36O4.H3N/c19-16-14-12-10-8-6-4-2-1-3-5-7-9-11-13-15-17(20)18(21)22;/h17,19-20H,1-16H2,(H,21,22);1H3. The second kappa shape index (κ2) is 19.4. The molecule has 1 atom stereocenters. The van der Waals surface area contributed by atoms with E-state index in [1.54, 1.807) is 0 Å². The third kappa shape index (κ3) is 19.3. The van der Waals surface area contributed by atoms with Gasteiger partial charge in [-0.1, -0.05) is 83.5 Å². The summed E-state index contributed by atoms with van der Waals surface area (Å²) in [5, 5.41) is 26.3. The van der Waals surface area contributed by atoms with Gasteiger partial charge in [0.2, 0.25) is 0 Å². The Hall–Kier alpha value is -0.650. The van der Waals surface area contributed by atoms with Crippen LogP contribution < -0.4 is 6.15 Å². The molecule has 0 aliphatic carbocycles. The van der Waals surface area contributed by atoms with E-state index in [0.29, 0.717) is 13.0 Å². The lowest BCUT2D eigenvalue weighted by molar-refractivity contribution is -0.146. The first-order valence-corrected chi connectivity index (χ1v) is 9.20. The van der Waals surface area contributed by atoms with Crippen molar-refractivity contribution in [1.29, 1.82) is 0 Å². The van der Waals surface area contributed by atoms with E-state index < -0.39 is 12.1 Å². The van der Waals surface area contributed by atoms with Crippen LogP contribution in [0.2, 0.25) is 0 Å². The van der Waals surface area contributed by atoms with Crippen LogP contribution in [-0.2, 0) is 4.79 Å². The van der Waals surface area contributed by atoms with Crippen molar-refractivity contribution >= 4 is 5.97 Å². The minimum Gasteiger partial charge on any atom is -0.479 e. The van der Waals surface area contributed by atoms with Gasteiger partial charge in [-0.25, -0.2) is 4.79 Å². The van der Waals surface area contributed by atoms with E-state index in [0.717, 1.165) is 25.7 Å². The van der Waals surface area contributed by atoms with E-state index in [2.05, 4.69) is 0 Å². The zero-order valence-corrected chi connectivity index (χ0v) is 14.8. The Labute approximate surface area is 142 Å². The molecule has 0 rings (SSSR count). The molecule has 0 radical (unpaired) electrons. The molecule has 0 saturated carbocycles. The Balaban J connectivity index is 0. The number of carbonyl (C=O) groups is 1. The summed E-state index contributed by atoms with van der Waals surface area (Å²) in [6.07, 6.45) is 16.0. The van der Waals surface area contributed by atoms with Crippen LogP contribution in [0.1, 0.15) is 96.3 Å². The molecular formula is C18H39NO4. The summed E-state index contributed by atoms with van der Waals surface area (Å²) >= 11 is 0. The van der Waals surface area contributed by atoms with E-state index in [-0.39, 0.29) is 6.15 Å². The highest BCUT2D eigenvalue weighted by Crippen LogP contribution is 2.13. The lowest BCUT2D eigenvalue weighted by atomic mass is 10.0. The summed E-state index contributed by atoms with van der Waals surface area (Å²) in [5.41, 5.74) is 0. The summed E-state index contributed by atoms with van der Waals surface area (Å²) in [6, 6.07) is 0. The smallest absolute Gasteiger partial charge is 0.332 e. The minimum atomic E-state index is -1.18. The van der Waals surface area contributed by atoms with Crippen molar-refractivity contribution in [3.8, 4) is 0 Å². The van der Waals surface area contributed by atoms with Crippen LogP contribution in [0.15, 0.2) is 0 Å². The Morgan fingerprint density at radius 2 is 0.957 bits per heavy atom. The molecule has 0 bridgehead atoms. The number of hydrogen-bond donors (Lipinski definition) is 4. The molecular weight excluding hydrogens is 294 g/mol. The molecule has 0 amide bonds. The monoisotopic (exact) mass is 333 g/mol. The van der Waals surface area contributed by atoms with E-state index in [1.165, 1.54) is 64.2 Å². The van der Waals surface area contributed by atoms with E-state index >= 15 is 0 Å². The lowest BCUT2D eigenvalue weighted by Gasteiger charge is -2.05. The van der Waals surface area contributed by atoms with Gasteiger partial charge < -0.3 is 21.5 Å². The summed E-state index contributed by atoms with van der Waals surface area (Å²) in [7, 11) is 0. The fourth-order valence-electron chi connectivity index (χ4n) is 2.69. The minimum absolute atomic E-state index is 0. The summed E-state index contributed by atoms with van der Waals surface area (Å²) in [4.78, 5) is 10.4. The molecule has 0 aliphatic rings. The number of carboxylic acids is 1. The van der Waals surface area contributed by atoms with Gasteiger partial charge in [-0.3, -0.25) is 0 Å². The maximum Gasteiger partial charge on any atom is 0.332 e. The average Bonchev–Trinajstić information content (AvgIpc) is 2.50. The highest BCUT2D eigenvalue weighted by atomic mass is 16.4. The van der Waals surface area contributed by atoms with E-state index in [1.807, 2.05) is 0 Å². The largest absolute Gasteiger partial charge is 0.479 e. The number of rotatable bonds is 17. The molecule has 0 spiro atoms. The Kier molecular flexibility index (Phi) is 20.7. The molecule has 0 aromatic carbocycles. The zero-order valence-electron chi connectivity index (χ0n) is 14.8. The lowest BCUT2D eigenvalue weighted by Crippen LogP contribution is -2.18. The number of unbranched alkanes of at least 4 members (excludes halogenated alkanes) is 13. The molecule has 0 fully saturated rings. The highest BCUT2D eigenvalue weighted by molar-refractivity contribution is 5.71. The first-order chi connectivity index (χ1) is 10.7. The number of hydrogen-bond acceptors (Lipinski definition) is 4. The van der Waals surface area contributed by atoms with Gasteiger partial charge in [-0.15, -0.1) is 0 Å². The number of aliphatic hydroxyl groups excluding tert-OH is 2. The van der Waals surface area contributed by atoms with Gasteiger partial charge in [0.25, 0.3) is 0 Å². The van der Waals surface area contributed by atoms with Crippen LogP contribution in [0, 0.1) is 0 Å². The van der Waals surface area contributed by atoms with Crippen LogP contribution in [0.5, 0.6) is 0 Å². The Morgan fingerprint density at radius 1 is 0.652 bits per heavy atom. The van der Waals surface area contributed by atoms with E-state index in [4.69, 9.17) is 15.3 Å². The van der Waals surface area contributed by atoms with Crippen LogP contribution in [-0.4, -0.2) is 34.0 Å². The quantitative estimate of drug-likeness (QED) is 0.294. The highest BCUT2D eigenvalue weighted by Gasteiger charge is 2.11. The van der Waals surface area contributed by atoms with Crippen molar-refractivity contribution in [2.45, 2.75) is 102 Å². The Morgan fingerprint density at radius 3 is 1.26 bits per heavy atom. The maximum absolute atomic E-state index is 10.4. The SMILES string of the molecule is N.O=C(O)C(O)CCCCCCCCCCCCCCCCO. The predicted molar refractivity (Wildman–Crippen MR) is 95.0 cm³/mol. The fraction of sp³-hybridized carbons (Fsp3) is 0.944. The molecule has 5 heteroatoms. The Bertz CT molecular complexity index is 249. The maximum atomic E-state index is 10.4. The third-order valence-corrected chi connectivity index (χ3v) is 4.17. The van der Waals surface area contributed by atoms with Crippen molar-refractivity contribution in [2.75, 3.05) is 6.61 Å². The van der Waals surface area contributed by atoms with Gasteiger partial charge >= 0.3 is 5.97 Å². The van der Waals surface area contributed by atoms with Gasteiger partial charge in [0.15, 0.2) is 6.10 Å². The molecule has 0 saturated heterocycles. The molecule has 0 aliphatic heterocycles. The van der Waals surface area contributed by atoms with Gasteiger partial charge in [0.1, 0.15) is 0 Å². The first kappa shape index (κ1) is 24.6. The van der Waals surface area contributed by atoms with Crippen LogP contribution in [0.4, 0.5) is 0 Å². The normalized spacial score (nSPS) is 11.9. The van der Waals surface area contributed by atoms with Gasteiger partial charge in [0.05, 0.1) is 0 Å². The number of carboxylic acid groups (broad SMARTS) is 1. The molecule has 1 unspecified atom stereocenters. The number of aliphatic carboxylic acids is 1.